The average Bonchev–Trinajstić information content (AvgIpc) is 3.06. The van der Waals surface area contributed by atoms with Gasteiger partial charge in [-0.05, 0) is 31.5 Å². The predicted molar refractivity (Wildman–Crippen MR) is 74.8 cm³/mol. The maximum absolute atomic E-state index is 12.6. The first-order valence-corrected chi connectivity index (χ1v) is 6.84. The fourth-order valence-corrected chi connectivity index (χ4v) is 2.50. The topological polar surface area (TPSA) is 72.4 Å². The first-order chi connectivity index (χ1) is 10.2. The minimum atomic E-state index is -0.00671. The zero-order valence-corrected chi connectivity index (χ0v) is 11.5. The van der Waals surface area contributed by atoms with Crippen molar-refractivity contribution in [3.05, 3.63) is 35.7 Å². The molecular formula is C15H13N3O3. The third-order valence-electron chi connectivity index (χ3n) is 3.76. The number of aryl methyl sites for hydroxylation is 1. The van der Waals surface area contributed by atoms with Crippen LogP contribution in [0.25, 0.3) is 22.6 Å². The summed E-state index contributed by atoms with van der Waals surface area (Å²) in [6, 6.07) is 5.34. The maximum Gasteiger partial charge on any atom is 0.259 e. The largest absolute Gasteiger partial charge is 0.463 e. The molecule has 4 heterocycles. The van der Waals surface area contributed by atoms with Crippen LogP contribution < -0.4 is 0 Å². The molecule has 3 aromatic rings. The number of furan rings is 1. The fraction of sp³-hybridized carbons (Fsp3) is 0.267. The summed E-state index contributed by atoms with van der Waals surface area (Å²) in [7, 11) is 0. The van der Waals surface area contributed by atoms with E-state index in [1.165, 1.54) is 0 Å². The van der Waals surface area contributed by atoms with Gasteiger partial charge in [-0.2, -0.15) is 0 Å². The number of likely N-dealkylation sites (tertiary alicyclic amines) is 1. The molecule has 1 aliphatic heterocycles. The molecular weight excluding hydrogens is 270 g/mol. The Morgan fingerprint density at radius 1 is 1.38 bits per heavy atom. The summed E-state index contributed by atoms with van der Waals surface area (Å²) in [6.45, 7) is 3.40. The maximum atomic E-state index is 12.6. The second-order valence-electron chi connectivity index (χ2n) is 5.13. The highest BCUT2D eigenvalue weighted by Gasteiger charge is 2.26. The molecule has 0 aromatic carbocycles. The molecule has 4 rings (SSSR count). The van der Waals surface area contributed by atoms with Crippen molar-refractivity contribution in [1.82, 2.24) is 15.0 Å². The van der Waals surface area contributed by atoms with Gasteiger partial charge in [-0.1, -0.05) is 5.16 Å². The number of nitrogens with zero attached hydrogens (tertiary/aromatic N) is 3. The molecule has 1 amide bonds. The summed E-state index contributed by atoms with van der Waals surface area (Å²) in [5.41, 5.74) is 2.19. The molecule has 106 valence electrons. The molecule has 1 aliphatic rings. The quantitative estimate of drug-likeness (QED) is 0.723. The minimum Gasteiger partial charge on any atom is -0.463 e. The van der Waals surface area contributed by atoms with E-state index in [9.17, 15) is 4.79 Å². The van der Waals surface area contributed by atoms with Crippen LogP contribution >= 0.6 is 0 Å². The van der Waals surface area contributed by atoms with E-state index in [0.717, 1.165) is 19.5 Å². The Kier molecular flexibility index (Phi) is 2.57. The summed E-state index contributed by atoms with van der Waals surface area (Å²) in [4.78, 5) is 18.8. The van der Waals surface area contributed by atoms with Gasteiger partial charge in [0.25, 0.3) is 11.6 Å². The molecule has 0 unspecified atom stereocenters. The molecule has 1 fully saturated rings. The smallest absolute Gasteiger partial charge is 0.259 e. The van der Waals surface area contributed by atoms with E-state index in [0.29, 0.717) is 33.8 Å². The third-order valence-corrected chi connectivity index (χ3v) is 3.76. The number of aromatic nitrogens is 2. The lowest BCUT2D eigenvalue weighted by molar-refractivity contribution is 0.0654. The Hall–Kier alpha value is -2.63. The Bertz CT molecular complexity index is 816. The van der Waals surface area contributed by atoms with E-state index < -0.39 is 0 Å². The normalized spacial score (nSPS) is 14.4. The van der Waals surface area contributed by atoms with Crippen molar-refractivity contribution in [1.29, 1.82) is 0 Å². The van der Waals surface area contributed by atoms with E-state index in [2.05, 4.69) is 10.1 Å². The number of hydrogen-bond donors (Lipinski definition) is 0. The molecule has 1 saturated heterocycles. The van der Waals surface area contributed by atoms with Crippen molar-refractivity contribution < 1.29 is 13.7 Å². The summed E-state index contributed by atoms with van der Waals surface area (Å²) < 4.78 is 10.6. The lowest BCUT2D eigenvalue weighted by Gasteiger charge is -2.31. The van der Waals surface area contributed by atoms with Crippen molar-refractivity contribution in [3.8, 4) is 11.5 Å². The standard InChI is InChI=1S/C15H13N3O3/c1-9-13-10(15(19)18-5-3-6-18)8-11(12-4-2-7-20-12)16-14(13)21-17-9/h2,4,7-8H,3,5-6H2,1H3. The third kappa shape index (κ3) is 1.83. The van der Waals surface area contributed by atoms with Gasteiger partial charge in [0.2, 0.25) is 0 Å². The van der Waals surface area contributed by atoms with Crippen LogP contribution in [0.5, 0.6) is 0 Å². The molecule has 0 N–H and O–H groups in total. The van der Waals surface area contributed by atoms with Gasteiger partial charge in [0.05, 0.1) is 22.9 Å². The molecule has 0 saturated carbocycles. The van der Waals surface area contributed by atoms with Gasteiger partial charge in [0.1, 0.15) is 5.69 Å². The Morgan fingerprint density at radius 3 is 2.90 bits per heavy atom. The van der Waals surface area contributed by atoms with Gasteiger partial charge >= 0.3 is 0 Å². The molecule has 6 heteroatoms. The number of fused-ring (bicyclic) bond motifs is 1. The van der Waals surface area contributed by atoms with Gasteiger partial charge in [0.15, 0.2) is 5.76 Å². The van der Waals surface area contributed by atoms with Crippen LogP contribution in [0, 0.1) is 6.92 Å². The lowest BCUT2D eigenvalue weighted by Crippen LogP contribution is -2.42. The highest BCUT2D eigenvalue weighted by Crippen LogP contribution is 2.28. The molecule has 3 aromatic heterocycles. The fourth-order valence-electron chi connectivity index (χ4n) is 2.50. The van der Waals surface area contributed by atoms with Crippen LogP contribution in [-0.4, -0.2) is 34.0 Å². The van der Waals surface area contributed by atoms with E-state index >= 15 is 0 Å². The Morgan fingerprint density at radius 2 is 2.24 bits per heavy atom. The van der Waals surface area contributed by atoms with Crippen LogP contribution in [0.3, 0.4) is 0 Å². The van der Waals surface area contributed by atoms with E-state index in [4.69, 9.17) is 8.94 Å². The van der Waals surface area contributed by atoms with Crippen LogP contribution in [0.4, 0.5) is 0 Å². The second kappa shape index (κ2) is 4.44. The van der Waals surface area contributed by atoms with Crippen LogP contribution in [0.1, 0.15) is 22.5 Å². The zero-order chi connectivity index (χ0) is 14.4. The Balaban J connectivity index is 1.93. The highest BCUT2D eigenvalue weighted by atomic mass is 16.5. The summed E-state index contributed by atoms with van der Waals surface area (Å²) in [6.07, 6.45) is 2.62. The van der Waals surface area contributed by atoms with Gasteiger partial charge < -0.3 is 13.8 Å². The summed E-state index contributed by atoms with van der Waals surface area (Å²) in [5.74, 6) is 0.594. The van der Waals surface area contributed by atoms with Crippen LogP contribution in [0.15, 0.2) is 33.4 Å². The number of rotatable bonds is 2. The predicted octanol–water partition coefficient (Wildman–Crippen LogP) is 2.64. The molecule has 6 nitrogen and oxygen atoms in total. The van der Waals surface area contributed by atoms with Crippen molar-refractivity contribution in [2.75, 3.05) is 13.1 Å². The van der Waals surface area contributed by atoms with E-state index in [-0.39, 0.29) is 5.91 Å². The van der Waals surface area contributed by atoms with Crippen molar-refractivity contribution in [2.45, 2.75) is 13.3 Å². The van der Waals surface area contributed by atoms with Crippen LogP contribution in [-0.2, 0) is 0 Å². The molecule has 0 bridgehead atoms. The number of hydrogen-bond acceptors (Lipinski definition) is 5. The molecule has 0 radical (unpaired) electrons. The molecule has 0 spiro atoms. The number of amides is 1. The first kappa shape index (κ1) is 12.1. The highest BCUT2D eigenvalue weighted by molar-refractivity contribution is 6.07. The molecule has 0 aliphatic carbocycles. The average molecular weight is 283 g/mol. The van der Waals surface area contributed by atoms with E-state index in [1.54, 1.807) is 24.5 Å². The van der Waals surface area contributed by atoms with Crippen molar-refractivity contribution in [3.63, 3.8) is 0 Å². The monoisotopic (exact) mass is 283 g/mol. The van der Waals surface area contributed by atoms with Crippen molar-refractivity contribution >= 4 is 17.0 Å². The zero-order valence-electron chi connectivity index (χ0n) is 11.5. The van der Waals surface area contributed by atoms with E-state index in [1.807, 2.05) is 11.8 Å². The number of carbonyl (C=O) groups is 1. The van der Waals surface area contributed by atoms with Gasteiger partial charge in [0, 0.05) is 13.1 Å². The van der Waals surface area contributed by atoms with Gasteiger partial charge in [-0.15, -0.1) is 0 Å². The first-order valence-electron chi connectivity index (χ1n) is 6.84. The summed E-state index contributed by atoms with van der Waals surface area (Å²) >= 11 is 0. The van der Waals surface area contributed by atoms with Gasteiger partial charge in [-0.25, -0.2) is 4.98 Å². The van der Waals surface area contributed by atoms with Crippen LogP contribution in [0.2, 0.25) is 0 Å². The lowest BCUT2D eigenvalue weighted by atomic mass is 10.1. The number of pyridine rings is 1. The summed E-state index contributed by atoms with van der Waals surface area (Å²) in [5, 5.41) is 4.61. The molecule has 0 atom stereocenters. The minimum absolute atomic E-state index is 0.00671. The van der Waals surface area contributed by atoms with Crippen molar-refractivity contribution in [2.24, 2.45) is 0 Å². The Labute approximate surface area is 120 Å². The van der Waals surface area contributed by atoms with Gasteiger partial charge in [-0.3, -0.25) is 4.79 Å². The second-order valence-corrected chi connectivity index (χ2v) is 5.13. The SMILES string of the molecule is Cc1noc2nc(-c3ccco3)cc(C(=O)N3CCC3)c12. The number of carbonyl (C=O) groups excluding carboxylic acids is 1. The molecule has 21 heavy (non-hydrogen) atoms.